The molecular formula is C16H17N7. The normalized spacial score (nSPS) is 15.0. The molecular weight excluding hydrogens is 290 g/mol. The lowest BCUT2D eigenvalue weighted by Crippen LogP contribution is -2.46. The molecule has 1 aliphatic rings. The lowest BCUT2D eigenvalue weighted by molar-refractivity contribution is 0.642. The summed E-state index contributed by atoms with van der Waals surface area (Å²) in [6.45, 7) is 3.79. The van der Waals surface area contributed by atoms with Crippen molar-refractivity contribution in [3.8, 4) is 5.82 Å². The Morgan fingerprint density at radius 2 is 1.43 bits per heavy atom. The van der Waals surface area contributed by atoms with E-state index in [1.165, 1.54) is 5.69 Å². The molecule has 1 aliphatic heterocycles. The maximum atomic E-state index is 4.34. The first kappa shape index (κ1) is 13.7. The minimum Gasteiger partial charge on any atom is -0.368 e. The fourth-order valence-corrected chi connectivity index (χ4v) is 2.76. The molecule has 23 heavy (non-hydrogen) atoms. The monoisotopic (exact) mass is 307 g/mol. The highest BCUT2D eigenvalue weighted by molar-refractivity contribution is 5.48. The van der Waals surface area contributed by atoms with Gasteiger partial charge in [0.15, 0.2) is 11.6 Å². The van der Waals surface area contributed by atoms with Crippen molar-refractivity contribution in [1.29, 1.82) is 0 Å². The molecule has 3 aromatic rings. The molecule has 1 fully saturated rings. The molecule has 0 radical (unpaired) electrons. The van der Waals surface area contributed by atoms with E-state index in [1.807, 2.05) is 48.9 Å². The van der Waals surface area contributed by atoms with Crippen LogP contribution in [0.3, 0.4) is 0 Å². The number of pyridine rings is 1. The van der Waals surface area contributed by atoms with Crippen LogP contribution in [-0.4, -0.2) is 51.1 Å². The Balaban J connectivity index is 1.42. The van der Waals surface area contributed by atoms with Gasteiger partial charge in [-0.05, 0) is 30.3 Å². The molecule has 0 saturated carbocycles. The van der Waals surface area contributed by atoms with Gasteiger partial charge in [-0.2, -0.15) is 5.10 Å². The molecule has 3 aromatic heterocycles. The van der Waals surface area contributed by atoms with Crippen LogP contribution in [-0.2, 0) is 0 Å². The van der Waals surface area contributed by atoms with Gasteiger partial charge in [0, 0.05) is 56.7 Å². The SMILES string of the molecule is c1cnn(-c2ccc(N3CCN(c4ccncc4)CC3)nn2)c1. The van der Waals surface area contributed by atoms with Crippen molar-refractivity contribution in [3.05, 3.63) is 55.1 Å². The summed E-state index contributed by atoms with van der Waals surface area (Å²) in [4.78, 5) is 8.70. The Kier molecular flexibility index (Phi) is 3.59. The summed E-state index contributed by atoms with van der Waals surface area (Å²) in [5.41, 5.74) is 1.22. The largest absolute Gasteiger partial charge is 0.368 e. The van der Waals surface area contributed by atoms with E-state index < -0.39 is 0 Å². The minimum absolute atomic E-state index is 0.731. The van der Waals surface area contributed by atoms with Crippen molar-refractivity contribution in [2.45, 2.75) is 0 Å². The Bertz CT molecular complexity index is 732. The molecule has 0 N–H and O–H groups in total. The fourth-order valence-electron chi connectivity index (χ4n) is 2.76. The summed E-state index contributed by atoms with van der Waals surface area (Å²) in [5.74, 6) is 1.64. The van der Waals surface area contributed by atoms with E-state index in [1.54, 1.807) is 10.9 Å². The summed E-state index contributed by atoms with van der Waals surface area (Å²) in [7, 11) is 0. The molecule has 0 bridgehead atoms. The molecule has 7 nitrogen and oxygen atoms in total. The van der Waals surface area contributed by atoms with Crippen LogP contribution in [0.1, 0.15) is 0 Å². The van der Waals surface area contributed by atoms with Gasteiger partial charge in [0.25, 0.3) is 0 Å². The maximum absolute atomic E-state index is 4.34. The standard InChI is InChI=1S/C16H17N7/c1-6-18-23(9-1)16-3-2-15(19-20-16)22-12-10-21(11-13-22)14-4-7-17-8-5-14/h1-9H,10-13H2. The van der Waals surface area contributed by atoms with Crippen molar-refractivity contribution < 1.29 is 0 Å². The molecule has 0 aliphatic carbocycles. The van der Waals surface area contributed by atoms with Crippen LogP contribution in [0.2, 0.25) is 0 Å². The molecule has 0 spiro atoms. The molecule has 116 valence electrons. The number of piperazine rings is 1. The van der Waals surface area contributed by atoms with Crippen LogP contribution in [0.4, 0.5) is 11.5 Å². The maximum Gasteiger partial charge on any atom is 0.175 e. The molecule has 0 amide bonds. The van der Waals surface area contributed by atoms with E-state index in [-0.39, 0.29) is 0 Å². The second-order valence-electron chi connectivity index (χ2n) is 5.38. The van der Waals surface area contributed by atoms with Gasteiger partial charge in [0.2, 0.25) is 0 Å². The third-order valence-electron chi connectivity index (χ3n) is 4.01. The zero-order valence-corrected chi connectivity index (χ0v) is 12.7. The van der Waals surface area contributed by atoms with Crippen LogP contribution < -0.4 is 9.80 Å². The number of hydrogen-bond donors (Lipinski definition) is 0. The van der Waals surface area contributed by atoms with Crippen molar-refractivity contribution >= 4 is 11.5 Å². The number of nitrogens with zero attached hydrogens (tertiary/aromatic N) is 7. The summed E-state index contributed by atoms with van der Waals surface area (Å²) >= 11 is 0. The highest BCUT2D eigenvalue weighted by Crippen LogP contribution is 2.18. The van der Waals surface area contributed by atoms with Crippen LogP contribution in [0, 0.1) is 0 Å². The molecule has 0 unspecified atom stereocenters. The lowest BCUT2D eigenvalue weighted by Gasteiger charge is -2.36. The highest BCUT2D eigenvalue weighted by atomic mass is 15.4. The quantitative estimate of drug-likeness (QED) is 0.728. The Morgan fingerprint density at radius 1 is 0.739 bits per heavy atom. The van der Waals surface area contributed by atoms with E-state index in [2.05, 4.69) is 30.1 Å². The predicted molar refractivity (Wildman–Crippen MR) is 87.8 cm³/mol. The number of anilines is 2. The average Bonchev–Trinajstić information content (AvgIpc) is 3.18. The first-order valence-electron chi connectivity index (χ1n) is 7.64. The van der Waals surface area contributed by atoms with E-state index >= 15 is 0 Å². The van der Waals surface area contributed by atoms with Gasteiger partial charge in [0.05, 0.1) is 0 Å². The van der Waals surface area contributed by atoms with Gasteiger partial charge in [-0.15, -0.1) is 10.2 Å². The second kappa shape index (κ2) is 6.04. The first-order chi connectivity index (χ1) is 11.4. The van der Waals surface area contributed by atoms with Crippen LogP contribution in [0.5, 0.6) is 0 Å². The zero-order valence-electron chi connectivity index (χ0n) is 12.7. The molecule has 0 atom stereocenters. The van der Waals surface area contributed by atoms with Gasteiger partial charge in [-0.1, -0.05) is 0 Å². The Morgan fingerprint density at radius 3 is 2.09 bits per heavy atom. The summed E-state index contributed by atoms with van der Waals surface area (Å²) in [6.07, 6.45) is 7.26. The summed E-state index contributed by atoms with van der Waals surface area (Å²) in [5, 5.41) is 12.8. The fraction of sp³-hybridized carbons (Fsp3) is 0.250. The third-order valence-corrected chi connectivity index (χ3v) is 4.01. The van der Waals surface area contributed by atoms with E-state index in [9.17, 15) is 0 Å². The lowest BCUT2D eigenvalue weighted by atomic mass is 10.2. The smallest absolute Gasteiger partial charge is 0.175 e. The van der Waals surface area contributed by atoms with Crippen molar-refractivity contribution in [3.63, 3.8) is 0 Å². The van der Waals surface area contributed by atoms with Gasteiger partial charge < -0.3 is 9.80 Å². The van der Waals surface area contributed by atoms with Crippen molar-refractivity contribution in [2.75, 3.05) is 36.0 Å². The molecule has 1 saturated heterocycles. The van der Waals surface area contributed by atoms with Crippen molar-refractivity contribution in [1.82, 2.24) is 25.0 Å². The third kappa shape index (κ3) is 2.85. The molecule has 7 heteroatoms. The average molecular weight is 307 g/mol. The topological polar surface area (TPSA) is 63.0 Å². The van der Waals surface area contributed by atoms with Gasteiger partial charge in [0.1, 0.15) is 0 Å². The van der Waals surface area contributed by atoms with Gasteiger partial charge >= 0.3 is 0 Å². The van der Waals surface area contributed by atoms with Crippen LogP contribution in [0.25, 0.3) is 5.82 Å². The molecule has 4 heterocycles. The number of aromatic nitrogens is 5. The predicted octanol–water partition coefficient (Wildman–Crippen LogP) is 1.38. The van der Waals surface area contributed by atoms with Crippen LogP contribution >= 0.6 is 0 Å². The van der Waals surface area contributed by atoms with Crippen LogP contribution in [0.15, 0.2) is 55.1 Å². The van der Waals surface area contributed by atoms with E-state index in [0.717, 1.165) is 37.8 Å². The minimum atomic E-state index is 0.731. The number of rotatable bonds is 3. The van der Waals surface area contributed by atoms with Gasteiger partial charge in [-0.25, -0.2) is 4.68 Å². The summed E-state index contributed by atoms with van der Waals surface area (Å²) in [6, 6.07) is 9.92. The first-order valence-corrected chi connectivity index (χ1v) is 7.64. The Labute approximate surface area is 134 Å². The molecule has 4 rings (SSSR count). The van der Waals surface area contributed by atoms with E-state index in [4.69, 9.17) is 0 Å². The van der Waals surface area contributed by atoms with Gasteiger partial charge in [-0.3, -0.25) is 4.98 Å². The number of hydrogen-bond acceptors (Lipinski definition) is 6. The zero-order chi connectivity index (χ0) is 15.5. The second-order valence-corrected chi connectivity index (χ2v) is 5.38. The highest BCUT2D eigenvalue weighted by Gasteiger charge is 2.18. The van der Waals surface area contributed by atoms with E-state index in [0.29, 0.717) is 0 Å². The Hall–Kier alpha value is -2.96. The van der Waals surface area contributed by atoms with Crippen molar-refractivity contribution in [2.24, 2.45) is 0 Å². The molecule has 0 aromatic carbocycles. The summed E-state index contributed by atoms with van der Waals surface area (Å²) < 4.78 is 1.71.